The molecular weight excluding hydrogens is 888 g/mol. The summed E-state index contributed by atoms with van der Waals surface area (Å²) in [6, 6.07) is -0.884. The number of rotatable bonds is 55. The van der Waals surface area contributed by atoms with Crippen molar-refractivity contribution in [2.24, 2.45) is 0 Å². The average Bonchev–Trinajstić information content (AvgIpc) is 3.32. The molecule has 0 spiro atoms. The number of nitrogens with zero attached hydrogens (tertiary/aromatic N) is 1. The standard InChI is InChI=1S/C61H117N2O6P/c1-6-8-10-12-14-16-18-19-20-21-22-23-24-25-26-27-28-29-30-31-32-33-34-35-36-37-38-39-40-41-42-43-45-47-49-51-53-55-61(65)62-59(58-69-70(66,67)68-57-56-63(3,4)5)60(64)54-52-50-48-46-44-17-15-13-11-9-7-2/h18-19,21-22,24-25,52,54,59-60,64H,6-17,20,23,26-51,53,55-58H2,1-5H3,(H-,62,65,66,67)/b19-18-,22-21-,25-24-,54-52+. The van der Waals surface area contributed by atoms with Crippen LogP contribution in [-0.4, -0.2) is 68.5 Å². The Balaban J connectivity index is 3.89. The quantitative estimate of drug-likeness (QED) is 0.0272. The van der Waals surface area contributed by atoms with Crippen molar-refractivity contribution >= 4 is 13.7 Å². The van der Waals surface area contributed by atoms with E-state index >= 15 is 0 Å². The van der Waals surface area contributed by atoms with E-state index in [0.717, 1.165) is 51.4 Å². The molecule has 3 atom stereocenters. The van der Waals surface area contributed by atoms with E-state index in [0.29, 0.717) is 17.4 Å². The highest BCUT2D eigenvalue weighted by molar-refractivity contribution is 7.45. The number of aliphatic hydroxyl groups excluding tert-OH is 1. The van der Waals surface area contributed by atoms with Crippen LogP contribution in [-0.2, 0) is 18.4 Å². The van der Waals surface area contributed by atoms with E-state index < -0.39 is 20.0 Å². The van der Waals surface area contributed by atoms with Gasteiger partial charge in [-0.2, -0.15) is 0 Å². The highest BCUT2D eigenvalue weighted by Gasteiger charge is 2.23. The lowest BCUT2D eigenvalue weighted by Gasteiger charge is -2.29. The summed E-state index contributed by atoms with van der Waals surface area (Å²) in [5.74, 6) is -0.195. The second-order valence-electron chi connectivity index (χ2n) is 21.7. The van der Waals surface area contributed by atoms with Crippen molar-refractivity contribution in [1.82, 2.24) is 5.32 Å². The summed E-state index contributed by atoms with van der Waals surface area (Å²) in [4.78, 5) is 25.4. The molecule has 0 rings (SSSR count). The molecule has 8 nitrogen and oxygen atoms in total. The molecule has 412 valence electrons. The Labute approximate surface area is 435 Å². The van der Waals surface area contributed by atoms with Crippen molar-refractivity contribution in [2.75, 3.05) is 40.9 Å². The van der Waals surface area contributed by atoms with Gasteiger partial charge >= 0.3 is 0 Å². The Morgan fingerprint density at radius 1 is 0.500 bits per heavy atom. The van der Waals surface area contributed by atoms with Crippen LogP contribution in [0.4, 0.5) is 0 Å². The lowest BCUT2D eigenvalue weighted by molar-refractivity contribution is -0.870. The summed E-state index contributed by atoms with van der Waals surface area (Å²) < 4.78 is 23.3. The van der Waals surface area contributed by atoms with E-state index in [1.54, 1.807) is 6.08 Å². The van der Waals surface area contributed by atoms with Crippen molar-refractivity contribution < 1.29 is 32.9 Å². The fourth-order valence-corrected chi connectivity index (χ4v) is 9.53. The van der Waals surface area contributed by atoms with Crippen LogP contribution in [0.5, 0.6) is 0 Å². The fraction of sp³-hybridized carbons (Fsp3) is 0.852. The van der Waals surface area contributed by atoms with E-state index in [4.69, 9.17) is 9.05 Å². The molecular formula is C61H117N2O6P. The molecule has 3 unspecified atom stereocenters. The van der Waals surface area contributed by atoms with Crippen molar-refractivity contribution in [3.8, 4) is 0 Å². The first-order valence-electron chi connectivity index (χ1n) is 30.0. The van der Waals surface area contributed by atoms with Gasteiger partial charge in [-0.1, -0.05) is 268 Å². The van der Waals surface area contributed by atoms with Crippen LogP contribution in [0.2, 0.25) is 0 Å². The van der Waals surface area contributed by atoms with E-state index in [1.807, 2.05) is 27.2 Å². The maximum atomic E-state index is 12.9. The Morgan fingerprint density at radius 2 is 0.829 bits per heavy atom. The average molecular weight is 1010 g/mol. The summed E-state index contributed by atoms with van der Waals surface area (Å²) in [5.41, 5.74) is 0. The number of amides is 1. The van der Waals surface area contributed by atoms with Gasteiger partial charge in [-0.3, -0.25) is 9.36 Å². The van der Waals surface area contributed by atoms with Crippen LogP contribution in [0.1, 0.15) is 284 Å². The van der Waals surface area contributed by atoms with E-state index in [9.17, 15) is 19.4 Å². The highest BCUT2D eigenvalue weighted by Crippen LogP contribution is 2.38. The summed E-state index contributed by atoms with van der Waals surface area (Å²) in [5, 5.41) is 13.8. The van der Waals surface area contributed by atoms with Gasteiger partial charge in [0.1, 0.15) is 13.2 Å². The zero-order valence-corrected chi connectivity index (χ0v) is 47.9. The normalized spacial score (nSPS) is 14.2. The summed E-state index contributed by atoms with van der Waals surface area (Å²) in [7, 11) is 1.27. The van der Waals surface area contributed by atoms with Crippen LogP contribution >= 0.6 is 7.82 Å². The number of unbranched alkanes of at least 4 members (excludes halogenated alkanes) is 36. The van der Waals surface area contributed by atoms with E-state index in [1.165, 1.54) is 212 Å². The molecule has 0 aliphatic heterocycles. The van der Waals surface area contributed by atoms with Crippen LogP contribution < -0.4 is 10.2 Å². The molecule has 0 radical (unpaired) electrons. The number of likely N-dealkylation sites (N-methyl/N-ethyl adjacent to an activating group) is 1. The van der Waals surface area contributed by atoms with Gasteiger partial charge in [0.15, 0.2) is 0 Å². The number of phosphoric acid groups is 1. The molecule has 0 aliphatic rings. The maximum absolute atomic E-state index is 12.9. The van der Waals surface area contributed by atoms with Gasteiger partial charge in [0.05, 0.1) is 39.9 Å². The number of nitrogens with one attached hydrogen (secondary N) is 1. The molecule has 0 heterocycles. The first-order valence-corrected chi connectivity index (χ1v) is 31.5. The smallest absolute Gasteiger partial charge is 0.268 e. The molecule has 0 aromatic carbocycles. The third-order valence-corrected chi connectivity index (χ3v) is 14.5. The second kappa shape index (κ2) is 52.3. The zero-order valence-electron chi connectivity index (χ0n) is 47.0. The summed E-state index contributed by atoms with van der Waals surface area (Å²) in [6.07, 6.45) is 69.3. The predicted molar refractivity (Wildman–Crippen MR) is 302 cm³/mol. The molecule has 0 aliphatic carbocycles. The second-order valence-corrected chi connectivity index (χ2v) is 23.1. The topological polar surface area (TPSA) is 108 Å². The van der Waals surface area contributed by atoms with E-state index in [2.05, 4.69) is 55.6 Å². The minimum atomic E-state index is -4.59. The fourth-order valence-electron chi connectivity index (χ4n) is 8.81. The Bertz CT molecular complexity index is 1280. The molecule has 70 heavy (non-hydrogen) atoms. The summed E-state index contributed by atoms with van der Waals surface area (Å²) in [6.45, 7) is 4.64. The molecule has 1 amide bonds. The molecule has 0 saturated carbocycles. The Hall–Kier alpha value is -1.54. The van der Waals surface area contributed by atoms with Gasteiger partial charge in [-0.15, -0.1) is 0 Å². The maximum Gasteiger partial charge on any atom is 0.268 e. The van der Waals surface area contributed by atoms with Gasteiger partial charge in [-0.25, -0.2) is 0 Å². The minimum absolute atomic E-state index is 0.0000302. The number of carbonyl (C=O) groups excluding carboxylic acids is 1. The Morgan fingerprint density at radius 3 is 1.20 bits per heavy atom. The van der Waals surface area contributed by atoms with Crippen molar-refractivity contribution in [2.45, 2.75) is 296 Å². The summed E-state index contributed by atoms with van der Waals surface area (Å²) >= 11 is 0. The molecule has 9 heteroatoms. The third-order valence-electron chi connectivity index (χ3n) is 13.5. The number of carbonyl (C=O) groups is 1. The first kappa shape index (κ1) is 68.5. The molecule has 0 fully saturated rings. The van der Waals surface area contributed by atoms with Gasteiger partial charge in [0.2, 0.25) is 5.91 Å². The first-order chi connectivity index (χ1) is 34.0. The number of hydrogen-bond acceptors (Lipinski definition) is 6. The Kier molecular flexibility index (Phi) is 51.2. The van der Waals surface area contributed by atoms with Crippen molar-refractivity contribution in [3.63, 3.8) is 0 Å². The molecule has 2 N–H and O–H groups in total. The van der Waals surface area contributed by atoms with Crippen LogP contribution in [0.3, 0.4) is 0 Å². The predicted octanol–water partition coefficient (Wildman–Crippen LogP) is 17.7. The van der Waals surface area contributed by atoms with Gasteiger partial charge in [0, 0.05) is 6.42 Å². The van der Waals surface area contributed by atoms with Crippen LogP contribution in [0.15, 0.2) is 48.6 Å². The van der Waals surface area contributed by atoms with Gasteiger partial charge in [-0.05, 0) is 57.8 Å². The number of allylic oxidation sites excluding steroid dienone is 7. The van der Waals surface area contributed by atoms with Crippen molar-refractivity contribution in [1.29, 1.82) is 0 Å². The highest BCUT2D eigenvalue weighted by atomic mass is 31.2. The number of hydrogen-bond donors (Lipinski definition) is 2. The minimum Gasteiger partial charge on any atom is -0.756 e. The van der Waals surface area contributed by atoms with Gasteiger partial charge in [0.25, 0.3) is 7.82 Å². The van der Waals surface area contributed by atoms with Gasteiger partial charge < -0.3 is 28.8 Å². The SMILES string of the molecule is CCCCCCC/C=C\C/C=C\C/C=C\CCCCCCCCCCCCCCCCCCCCCCCCC(=O)NC(COP(=O)([O-])OCC[N+](C)(C)C)C(O)/C=C/CCCCCCCCCCC. The molecule has 0 aromatic heterocycles. The molecule has 0 saturated heterocycles. The van der Waals surface area contributed by atoms with E-state index in [-0.39, 0.29) is 19.1 Å². The number of aliphatic hydroxyl groups is 1. The number of quaternary nitrogens is 1. The molecule has 0 aromatic rings. The monoisotopic (exact) mass is 1000 g/mol. The lowest BCUT2D eigenvalue weighted by atomic mass is 10.0. The largest absolute Gasteiger partial charge is 0.756 e. The van der Waals surface area contributed by atoms with Crippen LogP contribution in [0.25, 0.3) is 0 Å². The lowest BCUT2D eigenvalue weighted by Crippen LogP contribution is -2.45. The number of phosphoric ester groups is 1. The molecule has 0 bridgehead atoms. The third kappa shape index (κ3) is 54.2. The van der Waals surface area contributed by atoms with Crippen molar-refractivity contribution in [3.05, 3.63) is 48.6 Å². The van der Waals surface area contributed by atoms with Crippen LogP contribution in [0, 0.1) is 0 Å². The zero-order chi connectivity index (χ0) is 51.3.